The molecule has 2 aromatic rings. The topological polar surface area (TPSA) is 9.23 Å². The van der Waals surface area contributed by atoms with E-state index in [1.165, 1.54) is 0 Å². The summed E-state index contributed by atoms with van der Waals surface area (Å²) < 4.78 is 16.7. The number of rotatable bonds is 2. The normalized spacial score (nSPS) is 10.2. The highest BCUT2D eigenvalue weighted by molar-refractivity contribution is 7.89. The second kappa shape index (κ2) is 3.66. The molecule has 66 valence electrons. The van der Waals surface area contributed by atoms with E-state index >= 15 is 0 Å². The highest BCUT2D eigenvalue weighted by atomic mass is 32.2. The van der Waals surface area contributed by atoms with Gasteiger partial charge in [0.2, 0.25) is 0 Å². The van der Waals surface area contributed by atoms with Crippen LogP contribution in [0.15, 0.2) is 42.5 Å². The number of halogens is 1. The maximum atomic E-state index is 11.9. The third kappa shape index (κ3) is 1.60. The Kier molecular flexibility index (Phi) is 2.36. The number of hydrogen-bond acceptors (Lipinski definition) is 2. The van der Waals surface area contributed by atoms with Crippen LogP contribution in [-0.2, 0) is 0 Å². The van der Waals surface area contributed by atoms with Gasteiger partial charge in [-0.2, -0.15) is 0 Å². The predicted molar refractivity (Wildman–Crippen MR) is 53.3 cm³/mol. The van der Waals surface area contributed by atoms with E-state index in [0.29, 0.717) is 5.75 Å². The summed E-state index contributed by atoms with van der Waals surface area (Å²) in [6, 6.07) is 13.3. The summed E-state index contributed by atoms with van der Waals surface area (Å²) >= 11 is -0.130. The molecule has 1 nitrogen and oxygen atoms in total. The smallest absolute Gasteiger partial charge is 0.272 e. The Morgan fingerprint density at radius 2 is 1.77 bits per heavy atom. The summed E-state index contributed by atoms with van der Waals surface area (Å²) in [5.41, 5.74) is 0. The summed E-state index contributed by atoms with van der Waals surface area (Å²) in [5, 5.41) is 1.98. The maximum Gasteiger partial charge on any atom is 0.272 e. The summed E-state index contributed by atoms with van der Waals surface area (Å²) in [4.78, 5) is 0. The van der Waals surface area contributed by atoms with Crippen molar-refractivity contribution in [2.75, 3.05) is 0 Å². The van der Waals surface area contributed by atoms with Gasteiger partial charge in [0.15, 0.2) is 0 Å². The Balaban J connectivity index is 2.61. The lowest BCUT2D eigenvalue weighted by Gasteiger charge is -2.02. The zero-order valence-corrected chi connectivity index (χ0v) is 7.55. The van der Waals surface area contributed by atoms with Gasteiger partial charge in [0, 0.05) is 5.39 Å². The van der Waals surface area contributed by atoms with E-state index < -0.39 is 0 Å². The first-order valence-electron chi connectivity index (χ1n) is 3.85. The second-order valence-corrected chi connectivity index (χ2v) is 2.92. The highest BCUT2D eigenvalue weighted by Crippen LogP contribution is 2.27. The minimum atomic E-state index is -0.130. The van der Waals surface area contributed by atoms with Gasteiger partial charge < -0.3 is 4.18 Å². The quantitative estimate of drug-likeness (QED) is 0.673. The Labute approximate surface area is 80.0 Å². The van der Waals surface area contributed by atoms with E-state index in [-0.39, 0.29) is 12.4 Å². The van der Waals surface area contributed by atoms with Gasteiger partial charge in [-0.1, -0.05) is 36.4 Å². The zero-order chi connectivity index (χ0) is 9.10. The minimum Gasteiger partial charge on any atom is -0.396 e. The highest BCUT2D eigenvalue weighted by Gasteiger charge is 2.00. The predicted octanol–water partition coefficient (Wildman–Crippen LogP) is 3.75. The Hall–Kier alpha value is -1.22. The maximum absolute atomic E-state index is 11.9. The van der Waals surface area contributed by atoms with Crippen LogP contribution in [0.5, 0.6) is 5.75 Å². The Morgan fingerprint density at radius 3 is 2.62 bits per heavy atom. The van der Waals surface area contributed by atoms with Crippen molar-refractivity contribution in [2.24, 2.45) is 0 Å². The van der Waals surface area contributed by atoms with E-state index in [0.717, 1.165) is 10.8 Å². The molecule has 0 aliphatic rings. The summed E-state index contributed by atoms with van der Waals surface area (Å²) in [7, 11) is 0. The second-order valence-electron chi connectivity index (χ2n) is 2.62. The monoisotopic (exact) mass is 194 g/mol. The molecule has 2 aromatic carbocycles. The van der Waals surface area contributed by atoms with Crippen molar-refractivity contribution < 1.29 is 8.07 Å². The molecule has 0 heterocycles. The average Bonchev–Trinajstić information content (AvgIpc) is 2.19. The van der Waals surface area contributed by atoms with Crippen LogP contribution in [0.4, 0.5) is 3.89 Å². The number of fused-ring (bicyclic) bond motifs is 1. The van der Waals surface area contributed by atoms with Crippen molar-refractivity contribution in [1.82, 2.24) is 0 Å². The molecular weight excluding hydrogens is 187 g/mol. The van der Waals surface area contributed by atoms with Crippen LogP contribution < -0.4 is 4.18 Å². The van der Waals surface area contributed by atoms with Crippen LogP contribution in [0.25, 0.3) is 10.8 Å². The molecule has 0 atom stereocenters. The molecule has 2 rings (SSSR count). The lowest BCUT2D eigenvalue weighted by atomic mass is 10.1. The molecule has 0 saturated heterocycles. The van der Waals surface area contributed by atoms with Crippen molar-refractivity contribution in [1.29, 1.82) is 0 Å². The molecule has 0 aliphatic carbocycles. The van der Waals surface area contributed by atoms with Gasteiger partial charge in [-0.3, -0.25) is 0 Å². The van der Waals surface area contributed by atoms with Gasteiger partial charge >= 0.3 is 0 Å². The fourth-order valence-corrected chi connectivity index (χ4v) is 1.52. The molecule has 0 N–H and O–H groups in total. The van der Waals surface area contributed by atoms with Crippen LogP contribution in [0.1, 0.15) is 0 Å². The summed E-state index contributed by atoms with van der Waals surface area (Å²) in [6.07, 6.45) is 0. The molecule has 13 heavy (non-hydrogen) atoms. The van der Waals surface area contributed by atoms with Gasteiger partial charge in [-0.25, -0.2) is 0 Å². The van der Waals surface area contributed by atoms with Gasteiger partial charge in [-0.15, -0.1) is 3.89 Å². The Morgan fingerprint density at radius 1 is 1.00 bits per heavy atom. The van der Waals surface area contributed by atoms with Gasteiger partial charge in [0.1, 0.15) is 5.75 Å². The van der Waals surface area contributed by atoms with Crippen molar-refractivity contribution >= 4 is 23.2 Å². The summed E-state index contributed by atoms with van der Waals surface area (Å²) in [5.74, 6) is 0.561. The Bertz CT molecular complexity index is 411. The van der Waals surface area contributed by atoms with E-state index in [2.05, 4.69) is 0 Å². The molecule has 0 aromatic heterocycles. The van der Waals surface area contributed by atoms with Crippen molar-refractivity contribution in [3.63, 3.8) is 0 Å². The fraction of sp³-hybridized carbons (Fsp3) is 0. The van der Waals surface area contributed by atoms with E-state index in [1.807, 2.05) is 36.4 Å². The average molecular weight is 194 g/mol. The molecule has 0 amide bonds. The van der Waals surface area contributed by atoms with Crippen molar-refractivity contribution in [3.05, 3.63) is 42.5 Å². The van der Waals surface area contributed by atoms with Gasteiger partial charge in [0.05, 0.1) is 0 Å². The van der Waals surface area contributed by atoms with E-state index in [4.69, 9.17) is 4.18 Å². The van der Waals surface area contributed by atoms with Crippen LogP contribution in [-0.4, -0.2) is 0 Å². The van der Waals surface area contributed by atoms with Crippen LogP contribution in [0, 0.1) is 0 Å². The molecule has 0 saturated carbocycles. The first kappa shape index (κ1) is 8.38. The third-order valence-corrected chi connectivity index (χ3v) is 2.11. The van der Waals surface area contributed by atoms with Crippen molar-refractivity contribution in [3.8, 4) is 5.75 Å². The standard InChI is InChI=1S/C10H7FOS/c11-13-12-10-7-3-5-8-4-1-2-6-9(8)10/h1-7H. The largest absolute Gasteiger partial charge is 0.396 e. The minimum absolute atomic E-state index is 0.130. The van der Waals surface area contributed by atoms with E-state index in [9.17, 15) is 3.89 Å². The first-order chi connectivity index (χ1) is 6.42. The van der Waals surface area contributed by atoms with Crippen LogP contribution >= 0.6 is 12.4 Å². The van der Waals surface area contributed by atoms with Gasteiger partial charge in [0.25, 0.3) is 12.4 Å². The van der Waals surface area contributed by atoms with E-state index in [1.54, 1.807) is 6.07 Å². The van der Waals surface area contributed by atoms with Crippen molar-refractivity contribution in [2.45, 2.75) is 0 Å². The molecular formula is C10H7FOS. The molecule has 0 unspecified atom stereocenters. The molecule has 0 bridgehead atoms. The molecule has 0 radical (unpaired) electrons. The molecule has 0 fully saturated rings. The van der Waals surface area contributed by atoms with Crippen LogP contribution in [0.3, 0.4) is 0 Å². The van der Waals surface area contributed by atoms with Crippen LogP contribution in [0.2, 0.25) is 0 Å². The lowest BCUT2D eigenvalue weighted by molar-refractivity contribution is 0.618. The number of hydrogen-bond donors (Lipinski definition) is 0. The molecule has 0 aliphatic heterocycles. The molecule has 3 heteroatoms. The fourth-order valence-electron chi connectivity index (χ4n) is 1.30. The lowest BCUT2D eigenvalue weighted by Crippen LogP contribution is -1.79. The first-order valence-corrected chi connectivity index (χ1v) is 4.49. The van der Waals surface area contributed by atoms with Gasteiger partial charge in [-0.05, 0) is 11.5 Å². The summed E-state index contributed by atoms with van der Waals surface area (Å²) in [6.45, 7) is 0. The SMILES string of the molecule is FSOc1cccc2ccccc12. The third-order valence-electron chi connectivity index (χ3n) is 1.87. The zero-order valence-electron chi connectivity index (χ0n) is 6.74. The molecule has 0 spiro atoms. The number of benzene rings is 2.